The average molecular weight is 253 g/mol. The molecular weight excluding hydrogens is 234 g/mol. The highest BCUT2D eigenvalue weighted by atomic mass is 14.9. The van der Waals surface area contributed by atoms with Crippen LogP contribution in [0.25, 0.3) is 0 Å². The van der Waals surface area contributed by atoms with E-state index in [1.807, 2.05) is 12.3 Å². The summed E-state index contributed by atoms with van der Waals surface area (Å²) in [6.45, 7) is 2.05. The second-order valence-corrected chi connectivity index (χ2v) is 7.00. The second kappa shape index (κ2) is 3.79. The minimum atomic E-state index is 0.311. The monoisotopic (exact) mass is 253 g/mol. The molecule has 0 unspecified atom stereocenters. The van der Waals surface area contributed by atoms with Crippen LogP contribution in [0.15, 0.2) is 6.20 Å². The van der Waals surface area contributed by atoms with E-state index >= 15 is 0 Å². The molecule has 0 radical (unpaired) electrons. The SMILES string of the molecule is Cc1nc(C#N)ncc1C12CC3CC(CC(C3)C1)C2. The van der Waals surface area contributed by atoms with Crippen LogP contribution in [0.4, 0.5) is 0 Å². The highest BCUT2D eigenvalue weighted by Gasteiger charge is 2.52. The lowest BCUT2D eigenvalue weighted by Gasteiger charge is -2.57. The van der Waals surface area contributed by atoms with Gasteiger partial charge >= 0.3 is 0 Å². The van der Waals surface area contributed by atoms with Gasteiger partial charge in [0, 0.05) is 11.9 Å². The molecule has 0 aliphatic heterocycles. The first kappa shape index (κ1) is 11.4. The van der Waals surface area contributed by atoms with Gasteiger partial charge in [-0.2, -0.15) is 5.26 Å². The van der Waals surface area contributed by atoms with Gasteiger partial charge in [-0.15, -0.1) is 0 Å². The zero-order valence-electron chi connectivity index (χ0n) is 11.4. The smallest absolute Gasteiger partial charge is 0.227 e. The van der Waals surface area contributed by atoms with Crippen LogP contribution in [0.2, 0.25) is 0 Å². The molecule has 0 N–H and O–H groups in total. The lowest BCUT2D eigenvalue weighted by Crippen LogP contribution is -2.49. The van der Waals surface area contributed by atoms with Crippen molar-refractivity contribution >= 4 is 0 Å². The first-order chi connectivity index (χ1) is 9.18. The topological polar surface area (TPSA) is 49.6 Å². The molecule has 5 rings (SSSR count). The maximum absolute atomic E-state index is 8.91. The van der Waals surface area contributed by atoms with Crippen LogP contribution in [0, 0.1) is 36.0 Å². The molecule has 0 spiro atoms. The summed E-state index contributed by atoms with van der Waals surface area (Å²) in [5, 5.41) is 8.91. The molecule has 4 aliphatic carbocycles. The highest BCUT2D eigenvalue weighted by molar-refractivity contribution is 5.32. The van der Waals surface area contributed by atoms with Gasteiger partial charge in [0.15, 0.2) is 0 Å². The zero-order valence-corrected chi connectivity index (χ0v) is 11.4. The van der Waals surface area contributed by atoms with Crippen LogP contribution in [0.3, 0.4) is 0 Å². The first-order valence-electron chi connectivity index (χ1n) is 7.43. The third-order valence-electron chi connectivity index (χ3n) is 5.69. The predicted molar refractivity (Wildman–Crippen MR) is 71.3 cm³/mol. The van der Waals surface area contributed by atoms with Crippen LogP contribution < -0.4 is 0 Å². The molecule has 1 aromatic rings. The van der Waals surface area contributed by atoms with E-state index in [9.17, 15) is 0 Å². The summed E-state index contributed by atoms with van der Waals surface area (Å²) in [5.41, 5.74) is 2.71. The van der Waals surface area contributed by atoms with E-state index in [0.29, 0.717) is 11.2 Å². The Balaban J connectivity index is 1.78. The molecule has 1 aromatic heterocycles. The number of nitriles is 1. The van der Waals surface area contributed by atoms with Gasteiger partial charge < -0.3 is 0 Å². The third-order valence-corrected chi connectivity index (χ3v) is 5.69. The van der Waals surface area contributed by atoms with Gasteiger partial charge in [-0.05, 0) is 74.2 Å². The van der Waals surface area contributed by atoms with Gasteiger partial charge in [0.1, 0.15) is 6.07 Å². The van der Waals surface area contributed by atoms with E-state index in [-0.39, 0.29) is 0 Å². The van der Waals surface area contributed by atoms with Crippen molar-refractivity contribution in [1.82, 2.24) is 9.97 Å². The number of hydrogen-bond acceptors (Lipinski definition) is 3. The van der Waals surface area contributed by atoms with Crippen molar-refractivity contribution in [1.29, 1.82) is 5.26 Å². The Kier molecular flexibility index (Phi) is 2.27. The number of aromatic nitrogens is 2. The molecule has 4 fully saturated rings. The van der Waals surface area contributed by atoms with Gasteiger partial charge in [-0.25, -0.2) is 9.97 Å². The molecule has 98 valence electrons. The van der Waals surface area contributed by atoms with Crippen molar-refractivity contribution in [3.63, 3.8) is 0 Å². The molecule has 0 saturated heterocycles. The maximum Gasteiger partial charge on any atom is 0.232 e. The van der Waals surface area contributed by atoms with E-state index in [0.717, 1.165) is 23.4 Å². The van der Waals surface area contributed by atoms with E-state index in [2.05, 4.69) is 16.9 Å². The Labute approximate surface area is 114 Å². The quantitative estimate of drug-likeness (QED) is 0.772. The Morgan fingerprint density at radius 2 is 1.74 bits per heavy atom. The second-order valence-electron chi connectivity index (χ2n) is 7.00. The Hall–Kier alpha value is -1.43. The summed E-state index contributed by atoms with van der Waals surface area (Å²) >= 11 is 0. The fourth-order valence-electron chi connectivity index (χ4n) is 5.48. The molecule has 0 amide bonds. The first-order valence-corrected chi connectivity index (χ1v) is 7.43. The van der Waals surface area contributed by atoms with Crippen molar-refractivity contribution in [3.05, 3.63) is 23.3 Å². The maximum atomic E-state index is 8.91. The van der Waals surface area contributed by atoms with Crippen molar-refractivity contribution < 1.29 is 0 Å². The van der Waals surface area contributed by atoms with Gasteiger partial charge in [0.2, 0.25) is 5.82 Å². The molecular formula is C16H19N3. The van der Waals surface area contributed by atoms with Crippen molar-refractivity contribution in [2.45, 2.75) is 50.9 Å². The lowest BCUT2D eigenvalue weighted by atomic mass is 9.48. The van der Waals surface area contributed by atoms with Crippen molar-refractivity contribution in [3.8, 4) is 6.07 Å². The molecule has 1 heterocycles. The number of hydrogen-bond donors (Lipinski definition) is 0. The van der Waals surface area contributed by atoms with Crippen LogP contribution >= 0.6 is 0 Å². The number of rotatable bonds is 1. The molecule has 3 nitrogen and oxygen atoms in total. The Bertz CT molecular complexity index is 535. The summed E-state index contributed by atoms with van der Waals surface area (Å²) < 4.78 is 0. The zero-order chi connectivity index (χ0) is 13.0. The molecule has 4 aliphatic rings. The summed E-state index contributed by atoms with van der Waals surface area (Å²) in [6, 6.07) is 2.05. The third kappa shape index (κ3) is 1.62. The van der Waals surface area contributed by atoms with E-state index in [1.165, 1.54) is 44.1 Å². The van der Waals surface area contributed by atoms with Crippen LogP contribution in [-0.2, 0) is 5.41 Å². The molecule has 0 aromatic carbocycles. The van der Waals surface area contributed by atoms with E-state index < -0.39 is 0 Å². The summed E-state index contributed by atoms with van der Waals surface area (Å²) in [5.74, 6) is 3.11. The van der Waals surface area contributed by atoms with E-state index in [1.54, 1.807) is 0 Å². The standard InChI is InChI=1S/C16H19N3/c1-10-14(9-18-15(8-17)19-10)16-5-11-2-12(6-16)4-13(3-11)7-16/h9,11-13H,2-7H2,1H3. The Morgan fingerprint density at radius 3 is 2.21 bits per heavy atom. The summed E-state index contributed by atoms with van der Waals surface area (Å²) in [7, 11) is 0. The fourth-order valence-corrected chi connectivity index (χ4v) is 5.48. The highest BCUT2D eigenvalue weighted by Crippen LogP contribution is 2.60. The normalized spacial score (nSPS) is 39.3. The van der Waals surface area contributed by atoms with Crippen LogP contribution in [-0.4, -0.2) is 9.97 Å². The number of aryl methyl sites for hydroxylation is 1. The molecule has 3 heteroatoms. The van der Waals surface area contributed by atoms with Gasteiger partial charge in [-0.3, -0.25) is 0 Å². The number of nitrogens with zero attached hydrogens (tertiary/aromatic N) is 3. The van der Waals surface area contributed by atoms with Crippen LogP contribution in [0.5, 0.6) is 0 Å². The molecule has 0 atom stereocenters. The fraction of sp³-hybridized carbons (Fsp3) is 0.688. The van der Waals surface area contributed by atoms with Gasteiger partial charge in [-0.1, -0.05) is 0 Å². The molecule has 4 bridgehead atoms. The Morgan fingerprint density at radius 1 is 1.16 bits per heavy atom. The van der Waals surface area contributed by atoms with Crippen molar-refractivity contribution in [2.24, 2.45) is 17.8 Å². The molecule has 4 saturated carbocycles. The van der Waals surface area contributed by atoms with Crippen LogP contribution in [0.1, 0.15) is 55.6 Å². The van der Waals surface area contributed by atoms with Gasteiger partial charge in [0.25, 0.3) is 0 Å². The summed E-state index contributed by atoms with van der Waals surface area (Å²) in [6.07, 6.45) is 10.3. The molecule has 19 heavy (non-hydrogen) atoms. The predicted octanol–water partition coefficient (Wildman–Crippen LogP) is 3.12. The van der Waals surface area contributed by atoms with E-state index in [4.69, 9.17) is 5.26 Å². The minimum Gasteiger partial charge on any atom is -0.227 e. The minimum absolute atomic E-state index is 0.311. The van der Waals surface area contributed by atoms with Crippen molar-refractivity contribution in [2.75, 3.05) is 0 Å². The lowest BCUT2D eigenvalue weighted by molar-refractivity contribution is -0.00581. The average Bonchev–Trinajstić information content (AvgIpc) is 2.36. The van der Waals surface area contributed by atoms with Gasteiger partial charge in [0.05, 0.1) is 0 Å². The summed E-state index contributed by atoms with van der Waals surface area (Å²) in [4.78, 5) is 8.62. The largest absolute Gasteiger partial charge is 0.232 e.